The molecule has 1 heterocycles. The molecule has 0 spiro atoms. The summed E-state index contributed by atoms with van der Waals surface area (Å²) < 4.78 is 10.5. The van der Waals surface area contributed by atoms with Crippen LogP contribution >= 0.6 is 12.2 Å². The number of nitrogens with zero attached hydrogens (tertiary/aromatic N) is 2. The monoisotopic (exact) mass is 414 g/mol. The van der Waals surface area contributed by atoms with Crippen molar-refractivity contribution in [3.05, 3.63) is 48.0 Å². The smallest absolute Gasteiger partial charge is 0.257 e. The van der Waals surface area contributed by atoms with Crippen LogP contribution in [-0.2, 0) is 0 Å². The Hall–Kier alpha value is -2.84. The van der Waals surface area contributed by atoms with Crippen LogP contribution in [0, 0.1) is 0 Å². The summed E-state index contributed by atoms with van der Waals surface area (Å²) in [5.74, 6) is 0.728. The SMILES string of the molecule is COc1ccc(C(=O)NC(=S)Nc2ccccc2N2CCN(C)CC2)cc1OC. The Morgan fingerprint density at radius 1 is 1.00 bits per heavy atom. The molecule has 3 rings (SSSR count). The van der Waals surface area contributed by atoms with E-state index in [0.717, 1.165) is 37.6 Å². The molecule has 2 aromatic carbocycles. The minimum Gasteiger partial charge on any atom is -0.493 e. The van der Waals surface area contributed by atoms with Gasteiger partial charge in [-0.3, -0.25) is 10.1 Å². The number of piperazine rings is 1. The van der Waals surface area contributed by atoms with Crippen molar-refractivity contribution in [3.8, 4) is 11.5 Å². The molecule has 29 heavy (non-hydrogen) atoms. The van der Waals surface area contributed by atoms with Crippen LogP contribution in [0.3, 0.4) is 0 Å². The number of thiocarbonyl (C=S) groups is 1. The van der Waals surface area contributed by atoms with Crippen LogP contribution in [0.5, 0.6) is 11.5 Å². The zero-order valence-electron chi connectivity index (χ0n) is 16.9. The lowest BCUT2D eigenvalue weighted by Gasteiger charge is -2.35. The van der Waals surface area contributed by atoms with Gasteiger partial charge >= 0.3 is 0 Å². The molecule has 8 heteroatoms. The van der Waals surface area contributed by atoms with E-state index in [-0.39, 0.29) is 11.0 Å². The van der Waals surface area contributed by atoms with Crippen molar-refractivity contribution in [1.29, 1.82) is 0 Å². The van der Waals surface area contributed by atoms with Crippen LogP contribution < -0.4 is 25.0 Å². The highest BCUT2D eigenvalue weighted by atomic mass is 32.1. The zero-order valence-corrected chi connectivity index (χ0v) is 17.7. The van der Waals surface area contributed by atoms with E-state index < -0.39 is 0 Å². The van der Waals surface area contributed by atoms with Crippen molar-refractivity contribution in [2.24, 2.45) is 0 Å². The van der Waals surface area contributed by atoms with Gasteiger partial charge < -0.3 is 24.6 Å². The van der Waals surface area contributed by atoms with E-state index in [1.54, 1.807) is 25.3 Å². The molecule has 1 saturated heterocycles. The molecular weight excluding hydrogens is 388 g/mol. The fraction of sp³-hybridized carbons (Fsp3) is 0.333. The van der Waals surface area contributed by atoms with Crippen molar-refractivity contribution in [1.82, 2.24) is 10.2 Å². The average molecular weight is 415 g/mol. The highest BCUT2D eigenvalue weighted by Crippen LogP contribution is 2.28. The number of hydrogen-bond donors (Lipinski definition) is 2. The van der Waals surface area contributed by atoms with E-state index in [1.807, 2.05) is 18.2 Å². The fourth-order valence-electron chi connectivity index (χ4n) is 3.21. The molecule has 1 aliphatic heterocycles. The summed E-state index contributed by atoms with van der Waals surface area (Å²) in [7, 11) is 5.20. The van der Waals surface area contributed by atoms with Gasteiger partial charge in [0, 0.05) is 31.7 Å². The van der Waals surface area contributed by atoms with Crippen LogP contribution in [-0.4, -0.2) is 63.4 Å². The van der Waals surface area contributed by atoms with Gasteiger partial charge in [-0.15, -0.1) is 0 Å². The number of carbonyl (C=O) groups excluding carboxylic acids is 1. The fourth-order valence-corrected chi connectivity index (χ4v) is 3.41. The molecule has 1 fully saturated rings. The molecular formula is C21H26N4O3S. The molecule has 0 bridgehead atoms. The molecule has 1 amide bonds. The molecule has 7 nitrogen and oxygen atoms in total. The van der Waals surface area contributed by atoms with Crippen LogP contribution in [0.2, 0.25) is 0 Å². The number of hydrogen-bond acceptors (Lipinski definition) is 6. The molecule has 1 aliphatic rings. The lowest BCUT2D eigenvalue weighted by atomic mass is 10.2. The summed E-state index contributed by atoms with van der Waals surface area (Å²) in [6.07, 6.45) is 0. The van der Waals surface area contributed by atoms with E-state index in [2.05, 4.69) is 33.5 Å². The number of amides is 1. The lowest BCUT2D eigenvalue weighted by Crippen LogP contribution is -2.45. The van der Waals surface area contributed by atoms with Gasteiger partial charge in [0.05, 0.1) is 25.6 Å². The molecule has 154 valence electrons. The zero-order chi connectivity index (χ0) is 20.8. The number of ether oxygens (including phenoxy) is 2. The standard InChI is InChI=1S/C21H26N4O3S/c1-24-10-12-25(13-11-24)17-7-5-4-6-16(17)22-21(29)23-20(26)15-8-9-18(27-2)19(14-15)28-3/h4-9,14H,10-13H2,1-3H3,(H2,22,23,26,29). The highest BCUT2D eigenvalue weighted by Gasteiger charge is 2.18. The predicted molar refractivity (Wildman–Crippen MR) is 119 cm³/mol. The summed E-state index contributed by atoms with van der Waals surface area (Å²) in [4.78, 5) is 17.2. The lowest BCUT2D eigenvalue weighted by molar-refractivity contribution is 0.0977. The third kappa shape index (κ3) is 5.16. The first kappa shape index (κ1) is 20.9. The van der Waals surface area contributed by atoms with Crippen molar-refractivity contribution in [2.75, 3.05) is 57.7 Å². The summed E-state index contributed by atoms with van der Waals surface area (Å²) in [5, 5.41) is 6.13. The Balaban J connectivity index is 1.67. The van der Waals surface area contributed by atoms with Gasteiger partial charge in [-0.1, -0.05) is 12.1 Å². The highest BCUT2D eigenvalue weighted by molar-refractivity contribution is 7.80. The largest absolute Gasteiger partial charge is 0.493 e. The van der Waals surface area contributed by atoms with Gasteiger partial charge in [0.2, 0.25) is 0 Å². The normalized spacial score (nSPS) is 14.2. The molecule has 0 aromatic heterocycles. The van der Waals surface area contributed by atoms with Crippen molar-refractivity contribution >= 4 is 34.6 Å². The van der Waals surface area contributed by atoms with Crippen molar-refractivity contribution < 1.29 is 14.3 Å². The molecule has 0 atom stereocenters. The summed E-state index contributed by atoms with van der Waals surface area (Å²) >= 11 is 5.38. The number of benzene rings is 2. The number of para-hydroxylation sites is 2. The van der Waals surface area contributed by atoms with Gasteiger partial charge in [0.1, 0.15) is 0 Å². The maximum Gasteiger partial charge on any atom is 0.257 e. The number of anilines is 2. The molecule has 0 aliphatic carbocycles. The van der Waals surface area contributed by atoms with E-state index in [4.69, 9.17) is 21.7 Å². The Morgan fingerprint density at radius 2 is 1.69 bits per heavy atom. The van der Waals surface area contributed by atoms with Gasteiger partial charge in [0.25, 0.3) is 5.91 Å². The Bertz CT molecular complexity index is 882. The van der Waals surface area contributed by atoms with Crippen LogP contribution in [0.1, 0.15) is 10.4 Å². The first-order valence-corrected chi connectivity index (χ1v) is 9.79. The summed E-state index contributed by atoms with van der Waals surface area (Å²) in [6.45, 7) is 3.91. The molecule has 2 aromatic rings. The van der Waals surface area contributed by atoms with Crippen LogP contribution in [0.4, 0.5) is 11.4 Å². The Labute approximate surface area is 176 Å². The molecule has 0 radical (unpaired) electrons. The average Bonchev–Trinajstić information content (AvgIpc) is 2.74. The van der Waals surface area contributed by atoms with E-state index >= 15 is 0 Å². The molecule has 0 unspecified atom stereocenters. The van der Waals surface area contributed by atoms with E-state index in [9.17, 15) is 4.79 Å². The Morgan fingerprint density at radius 3 is 2.38 bits per heavy atom. The van der Waals surface area contributed by atoms with Crippen LogP contribution in [0.15, 0.2) is 42.5 Å². The first-order valence-electron chi connectivity index (χ1n) is 9.38. The van der Waals surface area contributed by atoms with Gasteiger partial charge in [-0.25, -0.2) is 0 Å². The second kappa shape index (κ2) is 9.58. The van der Waals surface area contributed by atoms with Crippen molar-refractivity contribution in [2.45, 2.75) is 0 Å². The van der Waals surface area contributed by atoms with E-state index in [0.29, 0.717) is 17.1 Å². The quantitative estimate of drug-likeness (QED) is 0.729. The number of likely N-dealkylation sites (N-methyl/N-ethyl adjacent to an activating group) is 1. The number of methoxy groups -OCH3 is 2. The number of nitrogens with one attached hydrogen (secondary N) is 2. The van der Waals surface area contributed by atoms with Gasteiger partial charge in [0.15, 0.2) is 16.6 Å². The van der Waals surface area contributed by atoms with Gasteiger partial charge in [-0.2, -0.15) is 0 Å². The second-order valence-electron chi connectivity index (χ2n) is 6.79. The first-order chi connectivity index (χ1) is 14.0. The second-order valence-corrected chi connectivity index (χ2v) is 7.19. The maximum atomic E-state index is 12.6. The van der Waals surface area contributed by atoms with Crippen LogP contribution in [0.25, 0.3) is 0 Å². The minimum atomic E-state index is -0.319. The summed E-state index contributed by atoms with van der Waals surface area (Å²) in [5.41, 5.74) is 2.37. The van der Waals surface area contributed by atoms with E-state index in [1.165, 1.54) is 7.11 Å². The minimum absolute atomic E-state index is 0.242. The Kier molecular flexibility index (Phi) is 6.90. The molecule has 2 N–H and O–H groups in total. The third-order valence-corrected chi connectivity index (χ3v) is 5.07. The summed E-state index contributed by atoms with van der Waals surface area (Å²) in [6, 6.07) is 12.9. The van der Waals surface area contributed by atoms with Crippen molar-refractivity contribution in [3.63, 3.8) is 0 Å². The number of rotatable bonds is 5. The maximum absolute atomic E-state index is 12.6. The number of carbonyl (C=O) groups is 1. The predicted octanol–water partition coefficient (Wildman–Crippen LogP) is 2.58. The third-order valence-electron chi connectivity index (χ3n) is 4.87. The van der Waals surface area contributed by atoms with Gasteiger partial charge in [-0.05, 0) is 49.6 Å². The molecule has 0 saturated carbocycles. The topological polar surface area (TPSA) is 66.1 Å².